The normalized spacial score (nSPS) is 16.0. The highest BCUT2D eigenvalue weighted by Gasteiger charge is 2.24. The Labute approximate surface area is 139 Å². The van der Waals surface area contributed by atoms with Crippen LogP contribution < -0.4 is 11.1 Å². The maximum Gasteiger partial charge on any atom is 0.307 e. The van der Waals surface area contributed by atoms with Gasteiger partial charge in [-0.1, -0.05) is 29.4 Å². The molecule has 0 aliphatic carbocycles. The molecule has 0 aromatic heterocycles. The summed E-state index contributed by atoms with van der Waals surface area (Å²) in [5, 5.41) is 14.0. The Morgan fingerprint density at radius 1 is 1.42 bits per heavy atom. The number of carbonyl (C=O) groups is 2. The van der Waals surface area contributed by atoms with Gasteiger partial charge in [0.15, 0.2) is 0 Å². The van der Waals surface area contributed by atoms with Gasteiger partial charge in [-0.3, -0.25) is 15.0 Å². The first-order valence-corrected chi connectivity index (χ1v) is 7.50. The standard InChI is InChI=1S/C16H20N4O4/c1-23-15(22)6-7-19-14(21)9-12-8-13(20-24-12)10-2-4-11(5-3-10)16(17)18/h2-5,12H,6-9H2,1H3,(H3,17,18)(H,19,21)/t12-/m1/s1. The van der Waals surface area contributed by atoms with Gasteiger partial charge in [0.2, 0.25) is 5.91 Å². The van der Waals surface area contributed by atoms with E-state index in [9.17, 15) is 9.59 Å². The maximum absolute atomic E-state index is 11.8. The van der Waals surface area contributed by atoms with Gasteiger partial charge in [0.1, 0.15) is 11.9 Å². The van der Waals surface area contributed by atoms with Gasteiger partial charge in [-0.25, -0.2) is 0 Å². The Balaban J connectivity index is 1.78. The summed E-state index contributed by atoms with van der Waals surface area (Å²) in [4.78, 5) is 28.1. The van der Waals surface area contributed by atoms with Crippen molar-refractivity contribution >= 4 is 23.4 Å². The van der Waals surface area contributed by atoms with Gasteiger partial charge in [-0.05, 0) is 5.56 Å². The molecule has 24 heavy (non-hydrogen) atoms. The van der Waals surface area contributed by atoms with E-state index in [2.05, 4.69) is 15.2 Å². The van der Waals surface area contributed by atoms with Crippen LogP contribution in [0.5, 0.6) is 0 Å². The van der Waals surface area contributed by atoms with Crippen LogP contribution in [-0.4, -0.2) is 43.2 Å². The molecule has 1 aromatic rings. The topological polar surface area (TPSA) is 127 Å². The monoisotopic (exact) mass is 332 g/mol. The van der Waals surface area contributed by atoms with Crippen LogP contribution >= 0.6 is 0 Å². The number of esters is 1. The molecule has 0 saturated carbocycles. The molecule has 0 radical (unpaired) electrons. The van der Waals surface area contributed by atoms with Crippen molar-refractivity contribution in [2.24, 2.45) is 10.9 Å². The van der Waals surface area contributed by atoms with Crippen LogP contribution in [0.2, 0.25) is 0 Å². The number of ether oxygens (including phenoxy) is 1. The van der Waals surface area contributed by atoms with E-state index in [1.807, 2.05) is 12.1 Å². The summed E-state index contributed by atoms with van der Waals surface area (Å²) in [6.45, 7) is 0.235. The largest absolute Gasteiger partial charge is 0.469 e. The summed E-state index contributed by atoms with van der Waals surface area (Å²) >= 11 is 0. The van der Waals surface area contributed by atoms with Crippen molar-refractivity contribution in [1.82, 2.24) is 5.32 Å². The lowest BCUT2D eigenvalue weighted by Gasteiger charge is -2.08. The fourth-order valence-electron chi connectivity index (χ4n) is 2.24. The molecule has 1 aliphatic heterocycles. The number of oxime groups is 1. The minimum atomic E-state index is -0.368. The van der Waals surface area contributed by atoms with Crippen LogP contribution in [0.4, 0.5) is 0 Å². The zero-order chi connectivity index (χ0) is 17.5. The summed E-state index contributed by atoms with van der Waals surface area (Å²) in [6.07, 6.45) is 0.493. The second-order valence-corrected chi connectivity index (χ2v) is 5.34. The Morgan fingerprint density at radius 2 is 2.12 bits per heavy atom. The summed E-state index contributed by atoms with van der Waals surface area (Å²) in [6, 6.07) is 7.12. The van der Waals surface area contributed by atoms with Gasteiger partial charge in [0.05, 0.1) is 25.7 Å². The van der Waals surface area contributed by atoms with E-state index in [4.69, 9.17) is 16.0 Å². The van der Waals surface area contributed by atoms with Crippen LogP contribution in [0.15, 0.2) is 29.4 Å². The lowest BCUT2D eigenvalue weighted by molar-refractivity contribution is -0.140. The average Bonchev–Trinajstić information content (AvgIpc) is 3.03. The summed E-state index contributed by atoms with van der Waals surface area (Å²) in [7, 11) is 1.30. The van der Waals surface area contributed by atoms with Crippen molar-refractivity contribution < 1.29 is 19.2 Å². The lowest BCUT2D eigenvalue weighted by Crippen LogP contribution is -2.29. The number of nitrogen functional groups attached to an aromatic ring is 1. The van der Waals surface area contributed by atoms with Crippen LogP contribution in [0.25, 0.3) is 0 Å². The van der Waals surface area contributed by atoms with Crippen LogP contribution in [0.1, 0.15) is 30.4 Å². The number of hydrogen-bond acceptors (Lipinski definition) is 6. The molecular weight excluding hydrogens is 312 g/mol. The molecule has 0 bridgehead atoms. The number of methoxy groups -OCH3 is 1. The Morgan fingerprint density at radius 3 is 2.75 bits per heavy atom. The summed E-state index contributed by atoms with van der Waals surface area (Å²) in [5.41, 5.74) is 7.67. The molecule has 1 atom stereocenters. The third-order valence-corrected chi connectivity index (χ3v) is 3.55. The van der Waals surface area contributed by atoms with E-state index >= 15 is 0 Å². The molecule has 0 saturated heterocycles. The van der Waals surface area contributed by atoms with Crippen molar-refractivity contribution in [3.63, 3.8) is 0 Å². The lowest BCUT2D eigenvalue weighted by atomic mass is 10.0. The van der Waals surface area contributed by atoms with E-state index in [-0.39, 0.29) is 43.2 Å². The smallest absolute Gasteiger partial charge is 0.307 e. The Hall–Kier alpha value is -2.90. The number of nitrogens with zero attached hydrogens (tertiary/aromatic N) is 1. The van der Waals surface area contributed by atoms with Crippen molar-refractivity contribution in [3.05, 3.63) is 35.4 Å². The minimum absolute atomic E-state index is 0.00710. The molecule has 2 rings (SSSR count). The highest BCUT2D eigenvalue weighted by Crippen LogP contribution is 2.19. The van der Waals surface area contributed by atoms with Crippen LogP contribution in [0.3, 0.4) is 0 Å². The van der Waals surface area contributed by atoms with Crippen LogP contribution in [0, 0.1) is 5.41 Å². The van der Waals surface area contributed by atoms with Gasteiger partial charge in [-0.15, -0.1) is 0 Å². The van der Waals surface area contributed by atoms with Gasteiger partial charge in [0, 0.05) is 18.5 Å². The summed E-state index contributed by atoms with van der Waals surface area (Å²) < 4.78 is 4.50. The molecule has 1 heterocycles. The number of carbonyl (C=O) groups excluding carboxylic acids is 2. The first-order valence-electron chi connectivity index (χ1n) is 7.50. The maximum atomic E-state index is 11.8. The molecule has 128 valence electrons. The zero-order valence-corrected chi connectivity index (χ0v) is 13.4. The van der Waals surface area contributed by atoms with E-state index in [0.717, 1.165) is 11.3 Å². The SMILES string of the molecule is COC(=O)CCNC(=O)C[C@H]1CC(c2ccc(C(=N)N)cc2)=NO1. The second kappa shape index (κ2) is 8.09. The fraction of sp³-hybridized carbons (Fsp3) is 0.375. The molecular formula is C16H20N4O4. The number of nitrogens with two attached hydrogens (primary N) is 1. The predicted molar refractivity (Wildman–Crippen MR) is 87.7 cm³/mol. The third kappa shape index (κ3) is 4.80. The molecule has 8 heteroatoms. The second-order valence-electron chi connectivity index (χ2n) is 5.34. The van der Waals surface area contributed by atoms with E-state index in [1.165, 1.54) is 7.11 Å². The molecule has 1 aromatic carbocycles. The third-order valence-electron chi connectivity index (χ3n) is 3.55. The van der Waals surface area contributed by atoms with E-state index < -0.39 is 0 Å². The Bertz CT molecular complexity index is 655. The van der Waals surface area contributed by atoms with Gasteiger partial charge in [0.25, 0.3) is 0 Å². The van der Waals surface area contributed by atoms with Crippen molar-refractivity contribution in [2.75, 3.05) is 13.7 Å². The zero-order valence-electron chi connectivity index (χ0n) is 13.4. The molecule has 0 unspecified atom stereocenters. The number of benzene rings is 1. The van der Waals surface area contributed by atoms with Gasteiger partial charge in [-0.2, -0.15) is 0 Å². The van der Waals surface area contributed by atoms with Gasteiger partial charge >= 0.3 is 5.97 Å². The average molecular weight is 332 g/mol. The molecule has 4 N–H and O–H groups in total. The summed E-state index contributed by atoms with van der Waals surface area (Å²) in [5.74, 6) is -0.563. The molecule has 0 spiro atoms. The Kier molecular flexibility index (Phi) is 5.89. The molecule has 0 fully saturated rings. The fourth-order valence-corrected chi connectivity index (χ4v) is 2.24. The predicted octanol–water partition coefficient (Wildman–Crippen LogP) is 0.533. The van der Waals surface area contributed by atoms with Crippen LogP contribution in [-0.2, 0) is 19.2 Å². The number of hydrogen-bond donors (Lipinski definition) is 3. The van der Waals surface area contributed by atoms with Crippen molar-refractivity contribution in [2.45, 2.75) is 25.4 Å². The first kappa shape index (κ1) is 17.5. The number of amidine groups is 1. The number of nitrogens with one attached hydrogen (secondary N) is 2. The molecule has 1 amide bonds. The number of amides is 1. The highest BCUT2D eigenvalue weighted by molar-refractivity contribution is 6.02. The minimum Gasteiger partial charge on any atom is -0.469 e. The van der Waals surface area contributed by atoms with E-state index in [1.54, 1.807) is 12.1 Å². The van der Waals surface area contributed by atoms with Crippen molar-refractivity contribution in [1.29, 1.82) is 5.41 Å². The molecule has 1 aliphatic rings. The van der Waals surface area contributed by atoms with E-state index in [0.29, 0.717) is 12.0 Å². The molecule has 8 nitrogen and oxygen atoms in total. The highest BCUT2D eigenvalue weighted by atomic mass is 16.6. The quantitative estimate of drug-likeness (QED) is 0.381. The van der Waals surface area contributed by atoms with Crippen molar-refractivity contribution in [3.8, 4) is 0 Å². The first-order chi connectivity index (χ1) is 11.5. The number of rotatable bonds is 7. The van der Waals surface area contributed by atoms with Gasteiger partial charge < -0.3 is 20.6 Å².